The highest BCUT2D eigenvalue weighted by molar-refractivity contribution is 6.30. The van der Waals surface area contributed by atoms with Gasteiger partial charge in [-0.1, -0.05) is 55.8 Å². The zero-order chi connectivity index (χ0) is 17.1. The summed E-state index contributed by atoms with van der Waals surface area (Å²) in [6.07, 6.45) is 7.71. The van der Waals surface area contributed by atoms with Gasteiger partial charge in [0.25, 0.3) is 0 Å². The third-order valence-corrected chi connectivity index (χ3v) is 4.60. The van der Waals surface area contributed by atoms with Gasteiger partial charge in [0.1, 0.15) is 5.38 Å². The number of carbonyl (C=O) groups is 1. The first-order valence-electron chi connectivity index (χ1n) is 8.28. The summed E-state index contributed by atoms with van der Waals surface area (Å²) in [6.45, 7) is 0. The fourth-order valence-corrected chi connectivity index (χ4v) is 2.77. The lowest BCUT2D eigenvalue weighted by Crippen LogP contribution is -2.12. The van der Waals surface area contributed by atoms with Gasteiger partial charge in [0, 0.05) is 5.02 Å². The van der Waals surface area contributed by atoms with E-state index in [1.54, 1.807) is 0 Å². The van der Waals surface area contributed by atoms with Crippen molar-refractivity contribution < 1.29 is 15.0 Å². The fraction of sp³-hybridized carbons (Fsp3) is 0.611. The molecule has 130 valence electrons. The van der Waals surface area contributed by atoms with Gasteiger partial charge in [0.2, 0.25) is 0 Å². The summed E-state index contributed by atoms with van der Waals surface area (Å²) < 4.78 is 0. The van der Waals surface area contributed by atoms with E-state index in [1.165, 1.54) is 5.56 Å². The summed E-state index contributed by atoms with van der Waals surface area (Å²) in [7, 11) is 0. The third kappa shape index (κ3) is 9.85. The van der Waals surface area contributed by atoms with Gasteiger partial charge < -0.3 is 10.2 Å². The molecule has 1 aromatic rings. The molecule has 0 aromatic heterocycles. The van der Waals surface area contributed by atoms with Gasteiger partial charge in [-0.25, -0.2) is 0 Å². The summed E-state index contributed by atoms with van der Waals surface area (Å²) in [5, 5.41) is 18.6. The smallest absolute Gasteiger partial charge is 0.321 e. The number of aliphatic hydroxyl groups excluding tert-OH is 1. The van der Waals surface area contributed by atoms with Crippen LogP contribution in [0.5, 0.6) is 0 Å². The van der Waals surface area contributed by atoms with Crippen LogP contribution in [0.3, 0.4) is 0 Å². The van der Waals surface area contributed by atoms with Crippen molar-refractivity contribution in [2.75, 3.05) is 0 Å². The largest absolute Gasteiger partial charge is 0.480 e. The number of aryl methyl sites for hydroxylation is 1. The molecule has 23 heavy (non-hydrogen) atoms. The Labute approximate surface area is 148 Å². The molecule has 0 aliphatic carbocycles. The number of alkyl halides is 1. The normalized spacial score (nSPS) is 13.7. The molecule has 0 spiro atoms. The SMILES string of the molecule is O=C(O)C(Cl)CCCCCCCC(O)CCc1ccc(Cl)cc1. The summed E-state index contributed by atoms with van der Waals surface area (Å²) in [4.78, 5) is 10.6. The highest BCUT2D eigenvalue weighted by Crippen LogP contribution is 2.15. The lowest BCUT2D eigenvalue weighted by atomic mass is 10.0. The average molecular weight is 361 g/mol. The summed E-state index contributed by atoms with van der Waals surface area (Å²) in [5.41, 5.74) is 1.20. The van der Waals surface area contributed by atoms with E-state index in [9.17, 15) is 9.90 Å². The van der Waals surface area contributed by atoms with Crippen LogP contribution in [-0.4, -0.2) is 27.7 Å². The molecule has 1 rings (SSSR count). The zero-order valence-electron chi connectivity index (χ0n) is 13.4. The second-order valence-corrected chi connectivity index (χ2v) is 6.93. The molecular formula is C18H26Cl2O3. The maximum atomic E-state index is 10.6. The Kier molecular flexibility index (Phi) is 10.3. The van der Waals surface area contributed by atoms with Gasteiger partial charge in [-0.3, -0.25) is 4.79 Å². The van der Waals surface area contributed by atoms with Crippen molar-refractivity contribution in [3.63, 3.8) is 0 Å². The third-order valence-electron chi connectivity index (χ3n) is 3.94. The minimum atomic E-state index is -0.935. The predicted octanol–water partition coefficient (Wildman–Crippen LogP) is 5.06. The number of unbranched alkanes of at least 4 members (excludes halogenated alkanes) is 4. The number of carboxylic acid groups (broad SMARTS) is 1. The minimum absolute atomic E-state index is 0.259. The van der Waals surface area contributed by atoms with Gasteiger partial charge in [-0.2, -0.15) is 0 Å². The number of aliphatic hydroxyl groups is 1. The second kappa shape index (κ2) is 11.7. The average Bonchev–Trinajstić information content (AvgIpc) is 2.53. The maximum Gasteiger partial charge on any atom is 0.321 e. The highest BCUT2D eigenvalue weighted by Gasteiger charge is 2.12. The first-order chi connectivity index (χ1) is 11.0. The van der Waals surface area contributed by atoms with Crippen LogP contribution in [0.1, 0.15) is 56.9 Å². The number of aliphatic carboxylic acids is 1. The van der Waals surface area contributed by atoms with Gasteiger partial charge in [0.05, 0.1) is 6.10 Å². The van der Waals surface area contributed by atoms with Crippen LogP contribution in [0, 0.1) is 0 Å². The Morgan fingerprint density at radius 2 is 1.52 bits per heavy atom. The van der Waals surface area contributed by atoms with E-state index >= 15 is 0 Å². The molecular weight excluding hydrogens is 335 g/mol. The van der Waals surface area contributed by atoms with E-state index in [0.717, 1.165) is 56.4 Å². The summed E-state index contributed by atoms with van der Waals surface area (Å²) in [5.74, 6) is -0.935. The summed E-state index contributed by atoms with van der Waals surface area (Å²) in [6, 6.07) is 7.74. The molecule has 2 atom stereocenters. The molecule has 0 heterocycles. The topological polar surface area (TPSA) is 57.5 Å². The molecule has 5 heteroatoms. The molecule has 1 aromatic carbocycles. The Bertz CT molecular complexity index is 448. The highest BCUT2D eigenvalue weighted by atomic mass is 35.5. The van der Waals surface area contributed by atoms with Gasteiger partial charge in [0.15, 0.2) is 0 Å². The first-order valence-corrected chi connectivity index (χ1v) is 9.10. The number of benzene rings is 1. The monoisotopic (exact) mass is 360 g/mol. The standard InChI is InChI=1S/C18H26Cl2O3/c19-15-11-8-14(9-12-15)10-13-16(21)6-4-2-1-3-5-7-17(20)18(22)23/h8-9,11-12,16-17,21H,1-7,10,13H2,(H,22,23). The van der Waals surface area contributed by atoms with Crippen LogP contribution < -0.4 is 0 Å². The number of hydrogen-bond donors (Lipinski definition) is 2. The molecule has 0 saturated carbocycles. The number of halogens is 2. The Hall–Kier alpha value is -0.770. The minimum Gasteiger partial charge on any atom is -0.480 e. The Morgan fingerprint density at radius 1 is 0.957 bits per heavy atom. The Morgan fingerprint density at radius 3 is 2.13 bits per heavy atom. The molecule has 0 amide bonds. The second-order valence-electron chi connectivity index (χ2n) is 5.97. The van der Waals surface area contributed by atoms with Gasteiger partial charge in [-0.15, -0.1) is 11.6 Å². The predicted molar refractivity (Wildman–Crippen MR) is 95.4 cm³/mol. The first kappa shape index (κ1) is 20.3. The zero-order valence-corrected chi connectivity index (χ0v) is 14.9. The van der Waals surface area contributed by atoms with E-state index in [1.807, 2.05) is 24.3 Å². The van der Waals surface area contributed by atoms with E-state index in [2.05, 4.69) is 0 Å². The molecule has 0 aliphatic heterocycles. The van der Waals surface area contributed by atoms with Crippen LogP contribution in [0.25, 0.3) is 0 Å². The van der Waals surface area contributed by atoms with Crippen LogP contribution >= 0.6 is 23.2 Å². The van der Waals surface area contributed by atoms with Crippen LogP contribution in [0.2, 0.25) is 5.02 Å². The van der Waals surface area contributed by atoms with E-state index < -0.39 is 11.3 Å². The molecule has 0 aliphatic rings. The number of carboxylic acids is 1. The van der Waals surface area contributed by atoms with Crippen molar-refractivity contribution in [2.45, 2.75) is 69.3 Å². The van der Waals surface area contributed by atoms with Crippen LogP contribution in [0.15, 0.2) is 24.3 Å². The summed E-state index contributed by atoms with van der Waals surface area (Å²) >= 11 is 11.5. The molecule has 0 saturated heterocycles. The van der Waals surface area contributed by atoms with Crippen molar-refractivity contribution >= 4 is 29.2 Å². The van der Waals surface area contributed by atoms with Crippen molar-refractivity contribution in [2.24, 2.45) is 0 Å². The van der Waals surface area contributed by atoms with E-state index in [4.69, 9.17) is 28.3 Å². The van der Waals surface area contributed by atoms with Crippen LogP contribution in [-0.2, 0) is 11.2 Å². The maximum absolute atomic E-state index is 10.6. The number of hydrogen-bond acceptors (Lipinski definition) is 2. The lowest BCUT2D eigenvalue weighted by Gasteiger charge is -2.10. The quantitative estimate of drug-likeness (QED) is 0.404. The number of rotatable bonds is 12. The van der Waals surface area contributed by atoms with Gasteiger partial charge >= 0.3 is 5.97 Å². The molecule has 0 bridgehead atoms. The van der Waals surface area contributed by atoms with Gasteiger partial charge in [-0.05, 0) is 43.4 Å². The van der Waals surface area contributed by atoms with Crippen molar-refractivity contribution in [3.05, 3.63) is 34.9 Å². The molecule has 0 fully saturated rings. The van der Waals surface area contributed by atoms with Crippen molar-refractivity contribution in [1.82, 2.24) is 0 Å². The molecule has 2 unspecified atom stereocenters. The van der Waals surface area contributed by atoms with Crippen molar-refractivity contribution in [1.29, 1.82) is 0 Å². The molecule has 3 nitrogen and oxygen atoms in total. The van der Waals surface area contributed by atoms with E-state index in [-0.39, 0.29) is 6.10 Å². The molecule has 0 radical (unpaired) electrons. The Balaban J connectivity index is 1.98. The molecule has 2 N–H and O–H groups in total. The van der Waals surface area contributed by atoms with E-state index in [0.29, 0.717) is 6.42 Å². The lowest BCUT2D eigenvalue weighted by molar-refractivity contribution is -0.136. The van der Waals surface area contributed by atoms with Crippen LogP contribution in [0.4, 0.5) is 0 Å². The fourth-order valence-electron chi connectivity index (χ4n) is 2.49. The van der Waals surface area contributed by atoms with Crippen molar-refractivity contribution in [3.8, 4) is 0 Å².